The van der Waals surface area contributed by atoms with Crippen LogP contribution in [0.4, 0.5) is 0 Å². The minimum Gasteiger partial charge on any atom is -0.462 e. The van der Waals surface area contributed by atoms with E-state index in [1.165, 1.54) is 7.11 Å². The Morgan fingerprint density at radius 1 is 1.14 bits per heavy atom. The summed E-state index contributed by atoms with van der Waals surface area (Å²) in [6.45, 7) is 4.45. The van der Waals surface area contributed by atoms with Crippen LogP contribution in [0.2, 0.25) is 0 Å². The van der Waals surface area contributed by atoms with Crippen LogP contribution in [0.15, 0.2) is 24.3 Å². The molecule has 0 N–H and O–H groups in total. The summed E-state index contributed by atoms with van der Waals surface area (Å²) in [7, 11) is -1.56. The van der Waals surface area contributed by atoms with E-state index in [0.29, 0.717) is 23.6 Å². The van der Waals surface area contributed by atoms with Gasteiger partial charge in [0.25, 0.3) is 0 Å². The molecule has 0 spiro atoms. The van der Waals surface area contributed by atoms with Gasteiger partial charge in [0.2, 0.25) is 7.37 Å². The van der Waals surface area contributed by atoms with Crippen molar-refractivity contribution in [3.8, 4) is 0 Å². The molecule has 0 heterocycles. The summed E-state index contributed by atoms with van der Waals surface area (Å²) >= 11 is 0. The Hall–Kier alpha value is -1.12. The van der Waals surface area contributed by atoms with Crippen molar-refractivity contribution in [1.29, 1.82) is 0 Å². The summed E-state index contributed by atoms with van der Waals surface area (Å²) in [5.41, 5.74) is 0.356. The lowest BCUT2D eigenvalue weighted by Gasteiger charge is -2.19. The number of rotatable bonds is 9. The molecule has 21 heavy (non-hydrogen) atoms. The van der Waals surface area contributed by atoms with Gasteiger partial charge in [-0.1, -0.05) is 38.8 Å². The number of carbonyl (C=O) groups is 1. The molecule has 0 fully saturated rings. The van der Waals surface area contributed by atoms with Crippen LogP contribution in [0.25, 0.3) is 0 Å². The van der Waals surface area contributed by atoms with E-state index in [1.807, 2.05) is 13.8 Å². The number of ether oxygens (including phenoxy) is 1. The number of carbonyl (C=O) groups excluding carboxylic acids is 1. The van der Waals surface area contributed by atoms with E-state index >= 15 is 0 Å². The number of hydrogen-bond acceptors (Lipinski definition) is 4. The largest absolute Gasteiger partial charge is 0.462 e. The van der Waals surface area contributed by atoms with Gasteiger partial charge in [0, 0.05) is 13.3 Å². The van der Waals surface area contributed by atoms with Gasteiger partial charge >= 0.3 is 5.97 Å². The number of esters is 1. The molecule has 1 rings (SSSR count). The van der Waals surface area contributed by atoms with E-state index < -0.39 is 13.3 Å². The van der Waals surface area contributed by atoms with Crippen molar-refractivity contribution in [2.24, 2.45) is 0 Å². The van der Waals surface area contributed by atoms with Crippen molar-refractivity contribution in [2.45, 2.75) is 39.5 Å². The minimum atomic E-state index is -3.00. The highest BCUT2D eigenvalue weighted by molar-refractivity contribution is 7.67. The fraction of sp³-hybridized carbons (Fsp3) is 0.562. The highest BCUT2D eigenvalue weighted by Gasteiger charge is 2.29. The van der Waals surface area contributed by atoms with E-state index in [9.17, 15) is 9.36 Å². The van der Waals surface area contributed by atoms with Crippen molar-refractivity contribution >= 4 is 18.6 Å². The molecular formula is C16H25O4P. The maximum atomic E-state index is 13.0. The molecule has 1 atom stereocenters. The van der Waals surface area contributed by atoms with Crippen molar-refractivity contribution in [1.82, 2.24) is 0 Å². The van der Waals surface area contributed by atoms with E-state index in [0.717, 1.165) is 25.7 Å². The second-order valence-electron chi connectivity index (χ2n) is 4.94. The SMILES string of the molecule is CCCCOC(=O)c1ccccc1P(=O)(CCCC)OC. The Bertz CT molecular complexity index is 499. The van der Waals surface area contributed by atoms with E-state index in [-0.39, 0.29) is 0 Å². The van der Waals surface area contributed by atoms with Crippen molar-refractivity contribution in [2.75, 3.05) is 19.9 Å². The molecule has 1 aromatic rings. The fourth-order valence-corrected chi connectivity index (χ4v) is 4.21. The zero-order chi connectivity index (χ0) is 15.7. The van der Waals surface area contributed by atoms with Crippen LogP contribution in [0.3, 0.4) is 0 Å². The Morgan fingerprint density at radius 3 is 2.43 bits per heavy atom. The van der Waals surface area contributed by atoms with Gasteiger partial charge in [-0.15, -0.1) is 0 Å². The summed E-state index contributed by atoms with van der Waals surface area (Å²) in [4.78, 5) is 12.2. The lowest BCUT2D eigenvalue weighted by atomic mass is 10.2. The lowest BCUT2D eigenvalue weighted by Crippen LogP contribution is -2.20. The Labute approximate surface area is 127 Å². The molecule has 0 radical (unpaired) electrons. The number of unbranched alkanes of at least 4 members (excludes halogenated alkanes) is 2. The van der Waals surface area contributed by atoms with E-state index in [2.05, 4.69) is 0 Å². The van der Waals surface area contributed by atoms with Gasteiger partial charge < -0.3 is 9.26 Å². The van der Waals surface area contributed by atoms with Gasteiger partial charge in [-0.2, -0.15) is 0 Å². The summed E-state index contributed by atoms with van der Waals surface area (Å²) in [6, 6.07) is 6.88. The van der Waals surface area contributed by atoms with Crippen LogP contribution in [-0.2, 0) is 13.8 Å². The molecule has 0 aromatic heterocycles. The van der Waals surface area contributed by atoms with E-state index in [1.54, 1.807) is 24.3 Å². The van der Waals surface area contributed by atoms with Gasteiger partial charge in [-0.3, -0.25) is 4.57 Å². The van der Waals surface area contributed by atoms with Gasteiger partial charge in [0.15, 0.2) is 0 Å². The molecule has 118 valence electrons. The first-order valence-corrected chi connectivity index (χ1v) is 9.31. The zero-order valence-electron chi connectivity index (χ0n) is 13.1. The fourth-order valence-electron chi connectivity index (χ4n) is 2.01. The third kappa shape index (κ3) is 4.98. The number of benzene rings is 1. The predicted octanol–water partition coefficient (Wildman–Crippen LogP) is 3.99. The van der Waals surface area contributed by atoms with Gasteiger partial charge in [0.05, 0.1) is 17.5 Å². The summed E-state index contributed by atoms with van der Waals surface area (Å²) in [5.74, 6) is -0.423. The molecule has 1 unspecified atom stereocenters. The van der Waals surface area contributed by atoms with Crippen LogP contribution >= 0.6 is 7.37 Å². The molecule has 0 aliphatic heterocycles. The monoisotopic (exact) mass is 312 g/mol. The molecule has 1 aromatic carbocycles. The van der Waals surface area contributed by atoms with Gasteiger partial charge in [-0.25, -0.2) is 4.79 Å². The van der Waals surface area contributed by atoms with Gasteiger partial charge in [0.1, 0.15) is 0 Å². The highest BCUT2D eigenvalue weighted by atomic mass is 31.2. The molecule has 0 aliphatic carbocycles. The quantitative estimate of drug-likeness (QED) is 0.393. The normalized spacial score (nSPS) is 13.7. The molecule has 5 heteroatoms. The Kier molecular flexibility index (Phi) is 7.69. The summed E-state index contributed by atoms with van der Waals surface area (Å²) in [5, 5.41) is 0.474. The molecule has 0 saturated carbocycles. The first-order chi connectivity index (χ1) is 10.1. The topological polar surface area (TPSA) is 52.6 Å². The predicted molar refractivity (Wildman–Crippen MR) is 85.7 cm³/mol. The smallest absolute Gasteiger partial charge is 0.338 e. The second-order valence-corrected chi connectivity index (χ2v) is 7.58. The summed E-state index contributed by atoms with van der Waals surface area (Å²) in [6.07, 6.45) is 3.95. The van der Waals surface area contributed by atoms with Crippen LogP contribution in [0, 0.1) is 0 Å². The highest BCUT2D eigenvalue weighted by Crippen LogP contribution is 2.46. The van der Waals surface area contributed by atoms with Crippen LogP contribution in [0.5, 0.6) is 0 Å². The lowest BCUT2D eigenvalue weighted by molar-refractivity contribution is 0.0501. The first-order valence-electron chi connectivity index (χ1n) is 7.50. The average molecular weight is 312 g/mol. The third-order valence-electron chi connectivity index (χ3n) is 3.32. The maximum absolute atomic E-state index is 13.0. The van der Waals surface area contributed by atoms with Crippen LogP contribution < -0.4 is 5.30 Å². The zero-order valence-corrected chi connectivity index (χ0v) is 14.0. The van der Waals surface area contributed by atoms with E-state index in [4.69, 9.17) is 9.26 Å². The maximum Gasteiger partial charge on any atom is 0.338 e. The number of hydrogen-bond donors (Lipinski definition) is 0. The molecule has 0 bridgehead atoms. The summed E-state index contributed by atoms with van der Waals surface area (Å²) < 4.78 is 23.5. The Morgan fingerprint density at radius 2 is 1.81 bits per heavy atom. The van der Waals surface area contributed by atoms with Crippen LogP contribution in [0.1, 0.15) is 49.9 Å². The third-order valence-corrected chi connectivity index (χ3v) is 5.94. The van der Waals surface area contributed by atoms with Crippen molar-refractivity contribution < 1.29 is 18.6 Å². The molecule has 4 nitrogen and oxygen atoms in total. The molecule has 0 saturated heterocycles. The first kappa shape index (κ1) is 17.9. The minimum absolute atomic E-state index is 0.356. The molecular weight excluding hydrogens is 287 g/mol. The standard InChI is InChI=1S/C16H25O4P/c1-4-6-12-20-16(17)14-10-8-9-11-15(14)21(18,19-3)13-7-5-2/h8-11H,4-7,12-13H2,1-3H3. The second kappa shape index (κ2) is 9.01. The van der Waals surface area contributed by atoms with Crippen LogP contribution in [-0.4, -0.2) is 25.8 Å². The average Bonchev–Trinajstić information content (AvgIpc) is 2.52. The molecule has 0 aliphatic rings. The Balaban J connectivity index is 3.01. The van der Waals surface area contributed by atoms with Gasteiger partial charge in [-0.05, 0) is 25.0 Å². The van der Waals surface area contributed by atoms with Crippen molar-refractivity contribution in [3.05, 3.63) is 29.8 Å². The van der Waals surface area contributed by atoms with Crippen molar-refractivity contribution in [3.63, 3.8) is 0 Å². The molecule has 0 amide bonds.